The molecule has 0 aliphatic carbocycles. The first-order valence-corrected chi connectivity index (χ1v) is 7.94. The molecule has 2 amide bonds. The molecule has 0 bridgehead atoms. The first-order valence-electron chi connectivity index (χ1n) is 7.94. The van der Waals surface area contributed by atoms with Gasteiger partial charge in [0.2, 0.25) is 5.91 Å². The quantitative estimate of drug-likeness (QED) is 0.858. The molecule has 6 heteroatoms. The fourth-order valence-corrected chi connectivity index (χ4v) is 2.53. The van der Waals surface area contributed by atoms with Crippen molar-refractivity contribution in [3.05, 3.63) is 17.5 Å². The van der Waals surface area contributed by atoms with Crippen LogP contribution in [-0.2, 0) is 4.79 Å². The van der Waals surface area contributed by atoms with Gasteiger partial charge in [-0.2, -0.15) is 0 Å². The summed E-state index contributed by atoms with van der Waals surface area (Å²) in [6.45, 7) is 10.3. The van der Waals surface area contributed by atoms with Gasteiger partial charge in [0.25, 0.3) is 5.91 Å². The van der Waals surface area contributed by atoms with Crippen molar-refractivity contribution in [3.8, 4) is 0 Å². The van der Waals surface area contributed by atoms with Gasteiger partial charge in [-0.1, -0.05) is 32.9 Å². The molecule has 2 heterocycles. The Morgan fingerprint density at radius 2 is 1.73 bits per heavy atom. The third kappa shape index (κ3) is 3.67. The van der Waals surface area contributed by atoms with Crippen LogP contribution >= 0.6 is 0 Å². The van der Waals surface area contributed by atoms with Crippen LogP contribution in [0.25, 0.3) is 0 Å². The van der Waals surface area contributed by atoms with E-state index in [2.05, 4.69) is 5.16 Å². The van der Waals surface area contributed by atoms with E-state index in [0.717, 1.165) is 12.2 Å². The molecular weight excluding hydrogens is 282 g/mol. The summed E-state index contributed by atoms with van der Waals surface area (Å²) in [5, 5.41) is 3.88. The Labute approximate surface area is 131 Å². The zero-order chi connectivity index (χ0) is 16.3. The molecule has 0 aromatic carbocycles. The Kier molecular flexibility index (Phi) is 5.21. The van der Waals surface area contributed by atoms with Crippen LogP contribution in [0, 0.1) is 5.92 Å². The van der Waals surface area contributed by atoms with Crippen LogP contribution in [0.2, 0.25) is 0 Å². The van der Waals surface area contributed by atoms with Gasteiger partial charge >= 0.3 is 0 Å². The minimum Gasteiger partial charge on any atom is -0.360 e. The van der Waals surface area contributed by atoms with Gasteiger partial charge in [0.05, 0.1) is 0 Å². The second-order valence-corrected chi connectivity index (χ2v) is 6.39. The molecule has 1 fully saturated rings. The lowest BCUT2D eigenvalue weighted by atomic mass is 10.1. The Morgan fingerprint density at radius 3 is 2.32 bits per heavy atom. The molecule has 0 saturated carbocycles. The number of amides is 2. The second kappa shape index (κ2) is 6.94. The van der Waals surface area contributed by atoms with Gasteiger partial charge < -0.3 is 14.3 Å². The number of hydrogen-bond acceptors (Lipinski definition) is 4. The lowest BCUT2D eigenvalue weighted by Gasteiger charge is -2.23. The van der Waals surface area contributed by atoms with E-state index in [0.29, 0.717) is 31.9 Å². The standard InChI is InChI=1S/C16H25N3O3/c1-11(2)14-10-13(17-22-14)16(21)19-7-5-6-18(8-9-19)15(20)12(3)4/h10-12H,5-9H2,1-4H3. The Hall–Kier alpha value is -1.85. The molecule has 2 rings (SSSR count). The van der Waals surface area contributed by atoms with Gasteiger partial charge in [-0.05, 0) is 6.42 Å². The van der Waals surface area contributed by atoms with Crippen molar-refractivity contribution in [2.75, 3.05) is 26.2 Å². The van der Waals surface area contributed by atoms with Crippen molar-refractivity contribution in [2.45, 2.75) is 40.0 Å². The van der Waals surface area contributed by atoms with Crippen molar-refractivity contribution in [1.82, 2.24) is 15.0 Å². The summed E-state index contributed by atoms with van der Waals surface area (Å²) in [6.07, 6.45) is 0.791. The molecular formula is C16H25N3O3. The van der Waals surface area contributed by atoms with E-state index in [1.807, 2.05) is 32.6 Å². The SMILES string of the molecule is CC(C)C(=O)N1CCCN(C(=O)c2cc(C(C)C)on2)CC1. The molecule has 0 spiro atoms. The number of rotatable bonds is 3. The molecule has 0 unspecified atom stereocenters. The maximum Gasteiger partial charge on any atom is 0.276 e. The van der Waals surface area contributed by atoms with Crippen LogP contribution < -0.4 is 0 Å². The third-order valence-electron chi connectivity index (χ3n) is 3.91. The molecule has 1 aliphatic heterocycles. The Morgan fingerprint density at radius 1 is 1.09 bits per heavy atom. The topological polar surface area (TPSA) is 66.7 Å². The summed E-state index contributed by atoms with van der Waals surface area (Å²) in [4.78, 5) is 28.2. The number of nitrogens with zero attached hydrogens (tertiary/aromatic N) is 3. The summed E-state index contributed by atoms with van der Waals surface area (Å²) < 4.78 is 5.20. The fraction of sp³-hybridized carbons (Fsp3) is 0.688. The smallest absolute Gasteiger partial charge is 0.276 e. The molecule has 1 aromatic rings. The van der Waals surface area contributed by atoms with Crippen molar-refractivity contribution < 1.29 is 14.1 Å². The molecule has 1 saturated heterocycles. The maximum atomic E-state index is 12.5. The van der Waals surface area contributed by atoms with Gasteiger partial charge in [0.15, 0.2) is 5.69 Å². The molecule has 1 aromatic heterocycles. The minimum absolute atomic E-state index is 0.00797. The van der Waals surface area contributed by atoms with E-state index in [4.69, 9.17) is 4.52 Å². The van der Waals surface area contributed by atoms with E-state index >= 15 is 0 Å². The number of hydrogen-bond donors (Lipinski definition) is 0. The van der Waals surface area contributed by atoms with Crippen molar-refractivity contribution in [1.29, 1.82) is 0 Å². The van der Waals surface area contributed by atoms with Gasteiger partial charge in [-0.25, -0.2) is 0 Å². The minimum atomic E-state index is -0.116. The highest BCUT2D eigenvalue weighted by Crippen LogP contribution is 2.17. The first-order chi connectivity index (χ1) is 10.4. The van der Waals surface area contributed by atoms with Gasteiger partial charge in [-0.3, -0.25) is 9.59 Å². The maximum absolute atomic E-state index is 12.5. The van der Waals surface area contributed by atoms with E-state index in [1.54, 1.807) is 11.0 Å². The van der Waals surface area contributed by atoms with Crippen LogP contribution in [0.1, 0.15) is 56.3 Å². The summed E-state index contributed by atoms with van der Waals surface area (Å²) in [7, 11) is 0. The molecule has 0 N–H and O–H groups in total. The number of carbonyl (C=O) groups is 2. The first kappa shape index (κ1) is 16.5. The summed E-state index contributed by atoms with van der Waals surface area (Å²) in [5.74, 6) is 0.950. The molecule has 22 heavy (non-hydrogen) atoms. The van der Waals surface area contributed by atoms with Crippen molar-refractivity contribution in [3.63, 3.8) is 0 Å². The van der Waals surface area contributed by atoms with Gasteiger partial charge in [-0.15, -0.1) is 0 Å². The number of aromatic nitrogens is 1. The monoisotopic (exact) mass is 307 g/mol. The normalized spacial score (nSPS) is 16.3. The Balaban J connectivity index is 2.01. The summed E-state index contributed by atoms with van der Waals surface area (Å²) in [6, 6.07) is 1.72. The predicted octanol–water partition coefficient (Wildman–Crippen LogP) is 2.13. The zero-order valence-corrected chi connectivity index (χ0v) is 13.8. The van der Waals surface area contributed by atoms with E-state index < -0.39 is 0 Å². The highest BCUT2D eigenvalue weighted by molar-refractivity contribution is 5.92. The lowest BCUT2D eigenvalue weighted by molar-refractivity contribution is -0.134. The molecule has 0 radical (unpaired) electrons. The van der Waals surface area contributed by atoms with E-state index in [1.165, 1.54) is 0 Å². The van der Waals surface area contributed by atoms with Crippen LogP contribution in [0.4, 0.5) is 0 Å². The van der Waals surface area contributed by atoms with Crippen molar-refractivity contribution >= 4 is 11.8 Å². The van der Waals surface area contributed by atoms with Gasteiger partial charge in [0, 0.05) is 44.1 Å². The predicted molar refractivity (Wildman–Crippen MR) is 82.5 cm³/mol. The highest BCUT2D eigenvalue weighted by atomic mass is 16.5. The second-order valence-electron chi connectivity index (χ2n) is 6.39. The summed E-state index contributed by atoms with van der Waals surface area (Å²) >= 11 is 0. The third-order valence-corrected chi connectivity index (χ3v) is 3.91. The van der Waals surface area contributed by atoms with Gasteiger partial charge in [0.1, 0.15) is 5.76 Å². The van der Waals surface area contributed by atoms with E-state index in [9.17, 15) is 9.59 Å². The summed E-state index contributed by atoms with van der Waals surface area (Å²) in [5.41, 5.74) is 0.354. The molecule has 0 atom stereocenters. The average molecular weight is 307 g/mol. The van der Waals surface area contributed by atoms with E-state index in [-0.39, 0.29) is 23.7 Å². The van der Waals surface area contributed by atoms with Crippen molar-refractivity contribution in [2.24, 2.45) is 5.92 Å². The molecule has 122 valence electrons. The largest absolute Gasteiger partial charge is 0.360 e. The molecule has 1 aliphatic rings. The van der Waals surface area contributed by atoms with Crippen LogP contribution in [0.15, 0.2) is 10.6 Å². The van der Waals surface area contributed by atoms with Crippen LogP contribution in [-0.4, -0.2) is 52.9 Å². The fourth-order valence-electron chi connectivity index (χ4n) is 2.53. The van der Waals surface area contributed by atoms with Crippen LogP contribution in [0.5, 0.6) is 0 Å². The zero-order valence-electron chi connectivity index (χ0n) is 13.8. The highest BCUT2D eigenvalue weighted by Gasteiger charge is 2.25. The lowest BCUT2D eigenvalue weighted by Crippen LogP contribution is -2.39. The average Bonchev–Trinajstić information content (AvgIpc) is 2.84. The number of carbonyl (C=O) groups excluding carboxylic acids is 2. The van der Waals surface area contributed by atoms with Crippen LogP contribution in [0.3, 0.4) is 0 Å². The molecule has 6 nitrogen and oxygen atoms in total. The Bertz CT molecular complexity index is 536.